The second kappa shape index (κ2) is 15.7. The first-order valence-electron chi connectivity index (χ1n) is 12.0. The third kappa shape index (κ3) is 9.97. The van der Waals surface area contributed by atoms with Crippen molar-refractivity contribution < 1.29 is 38.1 Å². The number of rotatable bonds is 8. The Balaban J connectivity index is 2.61. The molecule has 196 valence electrons. The summed E-state index contributed by atoms with van der Waals surface area (Å²) in [5.41, 5.74) is 0. The van der Waals surface area contributed by atoms with Crippen LogP contribution in [0.4, 0.5) is 0 Å². The number of methoxy groups -OCH3 is 2. The largest absolute Gasteiger partial charge is 0.469 e. The van der Waals surface area contributed by atoms with E-state index in [0.29, 0.717) is 65.4 Å². The number of nitrogens with zero attached hydrogens (tertiary/aromatic N) is 2. The fourth-order valence-electron chi connectivity index (χ4n) is 4.05. The molecule has 1 saturated heterocycles. The van der Waals surface area contributed by atoms with Gasteiger partial charge in [0.25, 0.3) is 0 Å². The lowest BCUT2D eigenvalue weighted by Crippen LogP contribution is -2.43. The maximum atomic E-state index is 12.9. The van der Waals surface area contributed by atoms with Crippen LogP contribution in [-0.4, -0.2) is 100 Å². The minimum absolute atomic E-state index is 0.0506. The molecule has 0 aromatic heterocycles. The SMILES string of the molecule is COC(=O)[C@H](C)C[C@H](C)C(=O)N1CCOCCN(C(=O)[C@@H](C)C[C@H](C)C(=O)OC)CCOCC1. The quantitative estimate of drug-likeness (QED) is 0.473. The van der Waals surface area contributed by atoms with Crippen molar-refractivity contribution in [2.24, 2.45) is 23.7 Å². The number of esters is 2. The number of carbonyl (C=O) groups excluding carboxylic acids is 4. The zero-order chi connectivity index (χ0) is 25.7. The number of ether oxygens (including phenoxy) is 4. The molecule has 1 aliphatic rings. The van der Waals surface area contributed by atoms with Gasteiger partial charge in [0.2, 0.25) is 11.8 Å². The van der Waals surface area contributed by atoms with E-state index in [9.17, 15) is 19.2 Å². The molecule has 10 nitrogen and oxygen atoms in total. The molecule has 0 saturated carbocycles. The van der Waals surface area contributed by atoms with Crippen LogP contribution < -0.4 is 0 Å². The summed E-state index contributed by atoms with van der Waals surface area (Å²) in [6, 6.07) is 0. The standard InChI is InChI=1S/C24H42N2O8/c1-17(15-19(3)23(29)31-5)21(27)25-7-11-33-13-9-26(10-14-34-12-8-25)22(28)18(2)16-20(4)24(30)32-6/h17-20H,7-16H2,1-6H3/t17-,18-,19-,20+/m0/s1. The normalized spacial score (nSPS) is 19.6. The van der Waals surface area contributed by atoms with Crippen LogP contribution in [0, 0.1) is 23.7 Å². The first-order valence-corrected chi connectivity index (χ1v) is 12.0. The third-order valence-electron chi connectivity index (χ3n) is 6.11. The van der Waals surface area contributed by atoms with Gasteiger partial charge in [-0.15, -0.1) is 0 Å². The Morgan fingerprint density at radius 2 is 0.912 bits per heavy atom. The van der Waals surface area contributed by atoms with Gasteiger partial charge in [0, 0.05) is 38.0 Å². The molecule has 0 unspecified atom stereocenters. The summed E-state index contributed by atoms with van der Waals surface area (Å²) in [5.74, 6) is -2.12. The minimum Gasteiger partial charge on any atom is -0.469 e. The highest BCUT2D eigenvalue weighted by molar-refractivity contribution is 5.80. The lowest BCUT2D eigenvalue weighted by Gasteiger charge is -2.29. The highest BCUT2D eigenvalue weighted by atomic mass is 16.5. The summed E-state index contributed by atoms with van der Waals surface area (Å²) in [6.07, 6.45) is 0.821. The van der Waals surface area contributed by atoms with Crippen molar-refractivity contribution in [1.82, 2.24) is 9.80 Å². The lowest BCUT2D eigenvalue weighted by molar-refractivity contribution is -0.147. The molecule has 1 rings (SSSR count). The summed E-state index contributed by atoms with van der Waals surface area (Å²) in [5, 5.41) is 0. The Morgan fingerprint density at radius 3 is 1.18 bits per heavy atom. The van der Waals surface area contributed by atoms with Gasteiger partial charge in [-0.2, -0.15) is 0 Å². The van der Waals surface area contributed by atoms with E-state index in [-0.39, 0.29) is 47.4 Å². The van der Waals surface area contributed by atoms with E-state index in [2.05, 4.69) is 0 Å². The highest BCUT2D eigenvalue weighted by Crippen LogP contribution is 2.17. The third-order valence-corrected chi connectivity index (χ3v) is 6.11. The molecule has 0 radical (unpaired) electrons. The minimum atomic E-state index is -0.356. The molecule has 4 atom stereocenters. The maximum Gasteiger partial charge on any atom is 0.308 e. The van der Waals surface area contributed by atoms with E-state index < -0.39 is 0 Å². The van der Waals surface area contributed by atoms with Crippen LogP contribution in [0.25, 0.3) is 0 Å². The van der Waals surface area contributed by atoms with Crippen LogP contribution >= 0.6 is 0 Å². The predicted octanol–water partition coefficient (Wildman–Crippen LogP) is 1.36. The van der Waals surface area contributed by atoms with E-state index in [0.717, 1.165) is 0 Å². The second-order valence-corrected chi connectivity index (χ2v) is 9.00. The van der Waals surface area contributed by atoms with Gasteiger partial charge in [0.05, 0.1) is 52.5 Å². The van der Waals surface area contributed by atoms with Gasteiger partial charge >= 0.3 is 11.9 Å². The van der Waals surface area contributed by atoms with E-state index in [1.54, 1.807) is 23.6 Å². The molecule has 1 fully saturated rings. The van der Waals surface area contributed by atoms with E-state index in [1.165, 1.54) is 14.2 Å². The molecule has 2 amide bonds. The Bertz CT molecular complexity index is 603. The Morgan fingerprint density at radius 1 is 0.618 bits per heavy atom. The van der Waals surface area contributed by atoms with E-state index in [1.807, 2.05) is 13.8 Å². The fourth-order valence-corrected chi connectivity index (χ4v) is 4.05. The lowest BCUT2D eigenvalue weighted by atomic mass is 9.96. The summed E-state index contributed by atoms with van der Waals surface area (Å²) in [4.78, 5) is 52.6. The summed E-state index contributed by atoms with van der Waals surface area (Å²) in [6.45, 7) is 10.1. The van der Waals surface area contributed by atoms with Crippen LogP contribution in [0.2, 0.25) is 0 Å². The maximum absolute atomic E-state index is 12.9. The molecule has 10 heteroatoms. The first kappa shape index (κ1) is 29.8. The van der Waals surface area contributed by atoms with Crippen molar-refractivity contribution in [2.45, 2.75) is 40.5 Å². The van der Waals surface area contributed by atoms with Gasteiger partial charge in [-0.3, -0.25) is 19.2 Å². The van der Waals surface area contributed by atoms with Gasteiger partial charge in [-0.05, 0) is 12.8 Å². The van der Waals surface area contributed by atoms with Crippen molar-refractivity contribution in [1.29, 1.82) is 0 Å². The first-order chi connectivity index (χ1) is 16.1. The molecule has 1 heterocycles. The van der Waals surface area contributed by atoms with Crippen LogP contribution in [0.5, 0.6) is 0 Å². The highest BCUT2D eigenvalue weighted by Gasteiger charge is 2.27. The Hall–Kier alpha value is -2.20. The summed E-state index contributed by atoms with van der Waals surface area (Å²) in [7, 11) is 2.68. The van der Waals surface area contributed by atoms with Crippen LogP contribution in [0.15, 0.2) is 0 Å². The molecular formula is C24H42N2O8. The van der Waals surface area contributed by atoms with Crippen LogP contribution in [-0.2, 0) is 38.1 Å². The van der Waals surface area contributed by atoms with Crippen molar-refractivity contribution >= 4 is 23.8 Å². The molecule has 0 aromatic rings. The molecule has 1 aliphatic heterocycles. The monoisotopic (exact) mass is 486 g/mol. The van der Waals surface area contributed by atoms with Crippen molar-refractivity contribution in [3.63, 3.8) is 0 Å². The molecule has 0 bridgehead atoms. The number of carbonyl (C=O) groups is 4. The topological polar surface area (TPSA) is 112 Å². The van der Waals surface area contributed by atoms with E-state index in [4.69, 9.17) is 18.9 Å². The zero-order valence-corrected chi connectivity index (χ0v) is 21.5. The average Bonchev–Trinajstić information content (AvgIpc) is 2.82. The van der Waals surface area contributed by atoms with Crippen molar-refractivity contribution in [2.75, 3.05) is 66.8 Å². The fraction of sp³-hybridized carbons (Fsp3) is 0.833. The summed E-state index contributed by atoms with van der Waals surface area (Å²) < 4.78 is 21.0. The van der Waals surface area contributed by atoms with Crippen molar-refractivity contribution in [3.05, 3.63) is 0 Å². The van der Waals surface area contributed by atoms with Gasteiger partial charge in [0.15, 0.2) is 0 Å². The van der Waals surface area contributed by atoms with Gasteiger partial charge in [0.1, 0.15) is 0 Å². The molecule has 0 aliphatic carbocycles. The second-order valence-electron chi connectivity index (χ2n) is 9.00. The zero-order valence-electron chi connectivity index (χ0n) is 21.5. The molecule has 34 heavy (non-hydrogen) atoms. The van der Waals surface area contributed by atoms with Crippen LogP contribution in [0.3, 0.4) is 0 Å². The van der Waals surface area contributed by atoms with E-state index >= 15 is 0 Å². The molecule has 0 N–H and O–H groups in total. The number of amides is 2. The number of hydrogen-bond acceptors (Lipinski definition) is 8. The summed E-state index contributed by atoms with van der Waals surface area (Å²) >= 11 is 0. The van der Waals surface area contributed by atoms with Crippen LogP contribution in [0.1, 0.15) is 40.5 Å². The molecular weight excluding hydrogens is 444 g/mol. The van der Waals surface area contributed by atoms with Gasteiger partial charge in [-0.1, -0.05) is 27.7 Å². The number of hydrogen-bond donors (Lipinski definition) is 0. The molecule has 0 spiro atoms. The average molecular weight is 487 g/mol. The smallest absolute Gasteiger partial charge is 0.308 e. The van der Waals surface area contributed by atoms with Crippen molar-refractivity contribution in [3.8, 4) is 0 Å². The predicted molar refractivity (Wildman–Crippen MR) is 125 cm³/mol. The Kier molecular flexibility index (Phi) is 13.7. The van der Waals surface area contributed by atoms with Gasteiger partial charge in [-0.25, -0.2) is 0 Å². The Labute approximate surface area is 203 Å². The van der Waals surface area contributed by atoms with Gasteiger partial charge < -0.3 is 28.7 Å². The molecule has 0 aromatic carbocycles.